The van der Waals surface area contributed by atoms with E-state index in [0.717, 1.165) is 0 Å². The molecule has 0 fully saturated rings. The lowest BCUT2D eigenvalue weighted by molar-refractivity contribution is -0.385. The molecule has 0 radical (unpaired) electrons. The van der Waals surface area contributed by atoms with Gasteiger partial charge in [-0.3, -0.25) is 14.9 Å². The van der Waals surface area contributed by atoms with Gasteiger partial charge in [-0.25, -0.2) is 4.98 Å². The second-order valence-electron chi connectivity index (χ2n) is 3.56. The number of nitrogens with one attached hydrogen (secondary N) is 1. The Labute approximate surface area is 96.5 Å². The standard InChI is InChI=1S/C11H9N3O3/c1-7-2-3-8(4-10(7)14(16)17)11-12-5-9(6-15)13-11/h2-6H,1H3,(H,12,13). The fraction of sp³-hybridized carbons (Fsp3) is 0.0909. The van der Waals surface area contributed by atoms with E-state index < -0.39 is 4.92 Å². The summed E-state index contributed by atoms with van der Waals surface area (Å²) < 4.78 is 0. The van der Waals surface area contributed by atoms with Gasteiger partial charge in [0.25, 0.3) is 5.69 Å². The molecule has 2 rings (SSSR count). The molecule has 1 aromatic carbocycles. The van der Waals surface area contributed by atoms with Gasteiger partial charge in [0.05, 0.1) is 16.8 Å². The fourth-order valence-electron chi connectivity index (χ4n) is 1.50. The van der Waals surface area contributed by atoms with E-state index in [1.54, 1.807) is 19.1 Å². The zero-order valence-electron chi connectivity index (χ0n) is 9.01. The number of benzene rings is 1. The Balaban J connectivity index is 2.49. The minimum absolute atomic E-state index is 0.0338. The Hall–Kier alpha value is -2.50. The van der Waals surface area contributed by atoms with Crippen LogP contribution in [0.1, 0.15) is 16.1 Å². The number of rotatable bonds is 3. The highest BCUT2D eigenvalue weighted by Gasteiger charge is 2.13. The summed E-state index contributed by atoms with van der Waals surface area (Å²) in [6, 6.07) is 4.80. The molecule has 1 N–H and O–H groups in total. The number of hydrogen-bond donors (Lipinski definition) is 1. The number of carbonyl (C=O) groups excluding carboxylic acids is 1. The average Bonchev–Trinajstić information content (AvgIpc) is 2.78. The number of aromatic amines is 1. The highest BCUT2D eigenvalue weighted by molar-refractivity contribution is 5.73. The van der Waals surface area contributed by atoms with E-state index in [4.69, 9.17) is 0 Å². The lowest BCUT2D eigenvalue weighted by atomic mass is 10.1. The monoisotopic (exact) mass is 231 g/mol. The van der Waals surface area contributed by atoms with Gasteiger partial charge >= 0.3 is 0 Å². The number of nitro groups is 1. The molecule has 0 aliphatic carbocycles. The molecule has 0 amide bonds. The van der Waals surface area contributed by atoms with E-state index in [1.165, 1.54) is 12.3 Å². The van der Waals surface area contributed by atoms with Gasteiger partial charge in [0, 0.05) is 17.2 Å². The molecular formula is C11H9N3O3. The van der Waals surface area contributed by atoms with Gasteiger partial charge in [-0.1, -0.05) is 12.1 Å². The number of aldehydes is 1. The van der Waals surface area contributed by atoms with Gasteiger partial charge < -0.3 is 4.98 Å². The van der Waals surface area contributed by atoms with Gasteiger partial charge in [-0.2, -0.15) is 0 Å². The van der Waals surface area contributed by atoms with Crippen LogP contribution in [0.25, 0.3) is 11.4 Å². The molecule has 0 saturated heterocycles. The van der Waals surface area contributed by atoms with E-state index in [0.29, 0.717) is 28.9 Å². The van der Waals surface area contributed by atoms with Crippen molar-refractivity contribution < 1.29 is 9.72 Å². The third-order valence-electron chi connectivity index (χ3n) is 2.40. The van der Waals surface area contributed by atoms with Crippen LogP contribution in [0.2, 0.25) is 0 Å². The number of nitro benzene ring substituents is 1. The Morgan fingerprint density at radius 2 is 2.24 bits per heavy atom. The van der Waals surface area contributed by atoms with Crippen LogP contribution in [-0.4, -0.2) is 21.2 Å². The number of aryl methyl sites for hydroxylation is 1. The van der Waals surface area contributed by atoms with Crippen LogP contribution in [-0.2, 0) is 0 Å². The highest BCUT2D eigenvalue weighted by Crippen LogP contribution is 2.24. The quantitative estimate of drug-likeness (QED) is 0.497. The molecule has 0 unspecified atom stereocenters. The van der Waals surface area contributed by atoms with E-state index in [2.05, 4.69) is 9.97 Å². The smallest absolute Gasteiger partial charge is 0.273 e. The van der Waals surface area contributed by atoms with Crippen molar-refractivity contribution >= 4 is 12.0 Å². The SMILES string of the molecule is Cc1ccc(-c2ncc(C=O)[nH]2)cc1[N+](=O)[O-]. The Bertz CT molecular complexity index is 589. The van der Waals surface area contributed by atoms with E-state index in [-0.39, 0.29) is 5.69 Å². The third kappa shape index (κ3) is 2.05. The van der Waals surface area contributed by atoms with E-state index in [9.17, 15) is 14.9 Å². The molecule has 1 heterocycles. The minimum atomic E-state index is -0.442. The van der Waals surface area contributed by atoms with Crippen molar-refractivity contribution in [3.05, 3.63) is 45.8 Å². The van der Waals surface area contributed by atoms with Crippen molar-refractivity contribution in [1.82, 2.24) is 9.97 Å². The van der Waals surface area contributed by atoms with E-state index >= 15 is 0 Å². The van der Waals surface area contributed by atoms with Crippen molar-refractivity contribution in [2.24, 2.45) is 0 Å². The molecule has 0 aliphatic rings. The lowest BCUT2D eigenvalue weighted by Crippen LogP contribution is -1.92. The second-order valence-corrected chi connectivity index (χ2v) is 3.56. The molecule has 0 bridgehead atoms. The van der Waals surface area contributed by atoms with Crippen LogP contribution in [0.3, 0.4) is 0 Å². The Morgan fingerprint density at radius 3 is 2.82 bits per heavy atom. The second kappa shape index (κ2) is 4.17. The predicted molar refractivity (Wildman–Crippen MR) is 60.8 cm³/mol. The van der Waals surface area contributed by atoms with Crippen LogP contribution in [0.15, 0.2) is 24.4 Å². The third-order valence-corrected chi connectivity index (χ3v) is 2.40. The zero-order chi connectivity index (χ0) is 12.4. The highest BCUT2D eigenvalue weighted by atomic mass is 16.6. The van der Waals surface area contributed by atoms with Gasteiger partial charge in [0.1, 0.15) is 5.82 Å². The molecule has 1 aromatic heterocycles. The molecule has 17 heavy (non-hydrogen) atoms. The average molecular weight is 231 g/mol. The summed E-state index contributed by atoms with van der Waals surface area (Å²) in [7, 11) is 0. The summed E-state index contributed by atoms with van der Waals surface area (Å²) >= 11 is 0. The molecule has 0 aliphatic heterocycles. The summed E-state index contributed by atoms with van der Waals surface area (Å²) in [5.41, 5.74) is 1.53. The number of nitrogens with zero attached hydrogens (tertiary/aromatic N) is 2. The first-order valence-electron chi connectivity index (χ1n) is 4.87. The largest absolute Gasteiger partial charge is 0.336 e. The number of H-pyrrole nitrogens is 1. The summed E-state index contributed by atoms with van der Waals surface area (Å²) in [5.74, 6) is 0.440. The molecule has 2 aromatic rings. The first kappa shape index (κ1) is 11.0. The number of aromatic nitrogens is 2. The van der Waals surface area contributed by atoms with Gasteiger partial charge in [-0.05, 0) is 6.92 Å². The molecule has 6 heteroatoms. The van der Waals surface area contributed by atoms with Crippen LogP contribution < -0.4 is 0 Å². The van der Waals surface area contributed by atoms with Crippen molar-refractivity contribution in [3.63, 3.8) is 0 Å². The van der Waals surface area contributed by atoms with Crippen LogP contribution >= 0.6 is 0 Å². The van der Waals surface area contributed by atoms with Crippen LogP contribution in [0.4, 0.5) is 5.69 Å². The molecule has 0 spiro atoms. The molecular weight excluding hydrogens is 222 g/mol. The van der Waals surface area contributed by atoms with Crippen LogP contribution in [0.5, 0.6) is 0 Å². The molecule has 0 atom stereocenters. The van der Waals surface area contributed by atoms with Crippen molar-refractivity contribution in [3.8, 4) is 11.4 Å². The topological polar surface area (TPSA) is 88.9 Å². The first-order chi connectivity index (χ1) is 8.11. The Morgan fingerprint density at radius 1 is 1.47 bits per heavy atom. The Kier molecular flexibility index (Phi) is 2.70. The van der Waals surface area contributed by atoms with Gasteiger partial charge in [0.15, 0.2) is 6.29 Å². The first-order valence-corrected chi connectivity index (χ1v) is 4.87. The number of imidazole rings is 1. The molecule has 6 nitrogen and oxygen atoms in total. The van der Waals surface area contributed by atoms with Crippen molar-refractivity contribution in [2.75, 3.05) is 0 Å². The maximum atomic E-state index is 10.8. The lowest BCUT2D eigenvalue weighted by Gasteiger charge is -2.00. The maximum absolute atomic E-state index is 10.8. The van der Waals surface area contributed by atoms with E-state index in [1.807, 2.05) is 0 Å². The number of carbonyl (C=O) groups is 1. The minimum Gasteiger partial charge on any atom is -0.336 e. The summed E-state index contributed by atoms with van der Waals surface area (Å²) in [6.45, 7) is 1.67. The normalized spacial score (nSPS) is 10.2. The maximum Gasteiger partial charge on any atom is 0.273 e. The summed E-state index contributed by atoms with van der Waals surface area (Å²) in [5, 5.41) is 10.8. The van der Waals surface area contributed by atoms with Gasteiger partial charge in [0.2, 0.25) is 0 Å². The molecule has 86 valence electrons. The number of hydrogen-bond acceptors (Lipinski definition) is 4. The predicted octanol–water partition coefficient (Wildman–Crippen LogP) is 2.11. The summed E-state index contributed by atoms with van der Waals surface area (Å²) in [4.78, 5) is 27.6. The summed E-state index contributed by atoms with van der Waals surface area (Å²) in [6.07, 6.45) is 2.02. The van der Waals surface area contributed by atoms with Crippen LogP contribution in [0, 0.1) is 17.0 Å². The van der Waals surface area contributed by atoms with Crippen molar-refractivity contribution in [1.29, 1.82) is 0 Å². The fourth-order valence-corrected chi connectivity index (χ4v) is 1.50. The van der Waals surface area contributed by atoms with Gasteiger partial charge in [-0.15, -0.1) is 0 Å². The molecule has 0 saturated carbocycles. The zero-order valence-corrected chi connectivity index (χ0v) is 9.01. The van der Waals surface area contributed by atoms with Crippen molar-refractivity contribution in [2.45, 2.75) is 6.92 Å².